The lowest BCUT2D eigenvalue weighted by atomic mass is 10.1. The lowest BCUT2D eigenvalue weighted by Crippen LogP contribution is -2.02. The number of hydrogen-bond donors (Lipinski definition) is 1. The molecule has 2 aromatic rings. The number of nitrogens with zero attached hydrogens (tertiary/aromatic N) is 2. The van der Waals surface area contributed by atoms with E-state index >= 15 is 0 Å². The van der Waals surface area contributed by atoms with E-state index in [1.165, 1.54) is 11.6 Å². The van der Waals surface area contributed by atoms with Crippen LogP contribution < -0.4 is 5.73 Å². The molecule has 0 saturated heterocycles. The molecule has 2 rings (SSSR count). The van der Waals surface area contributed by atoms with Crippen LogP contribution in [0.25, 0.3) is 0 Å². The van der Waals surface area contributed by atoms with E-state index in [2.05, 4.69) is 0 Å². The van der Waals surface area contributed by atoms with E-state index < -0.39 is 5.82 Å². The summed E-state index contributed by atoms with van der Waals surface area (Å²) in [5.74, 6) is -0.474. The van der Waals surface area contributed by atoms with Gasteiger partial charge in [-0.15, -0.1) is 0 Å². The van der Waals surface area contributed by atoms with E-state index in [4.69, 9.17) is 11.0 Å². The molecule has 0 fully saturated rings. The number of nitrogens with two attached hydrogens (primary N) is 1. The van der Waals surface area contributed by atoms with Gasteiger partial charge in [0.05, 0.1) is 5.56 Å². The second-order valence-electron chi connectivity index (χ2n) is 4.16. The molecule has 0 aliphatic rings. The Morgan fingerprint density at radius 3 is 2.83 bits per heavy atom. The lowest BCUT2D eigenvalue weighted by molar-refractivity contribution is 0.622. The summed E-state index contributed by atoms with van der Waals surface area (Å²) in [6.45, 7) is 1.25. The van der Waals surface area contributed by atoms with Gasteiger partial charge in [0.25, 0.3) is 0 Å². The van der Waals surface area contributed by atoms with Crippen molar-refractivity contribution in [1.82, 2.24) is 4.57 Å². The van der Waals surface area contributed by atoms with E-state index in [-0.39, 0.29) is 5.56 Å². The van der Waals surface area contributed by atoms with Crippen molar-refractivity contribution >= 4 is 0 Å². The van der Waals surface area contributed by atoms with Crippen LogP contribution in [0.5, 0.6) is 0 Å². The SMILES string of the molecule is N#Cc1cc(Cn2ccc(CCN)c2)ccc1F. The topological polar surface area (TPSA) is 54.7 Å². The van der Waals surface area contributed by atoms with E-state index in [0.29, 0.717) is 13.1 Å². The number of rotatable bonds is 4. The van der Waals surface area contributed by atoms with Crippen molar-refractivity contribution in [3.8, 4) is 6.07 Å². The fourth-order valence-corrected chi connectivity index (χ4v) is 1.87. The number of halogens is 1. The Labute approximate surface area is 105 Å². The molecule has 0 amide bonds. The molecule has 2 N–H and O–H groups in total. The van der Waals surface area contributed by atoms with Crippen LogP contribution in [0.2, 0.25) is 0 Å². The number of aromatic nitrogens is 1. The summed E-state index contributed by atoms with van der Waals surface area (Å²) in [4.78, 5) is 0. The molecule has 18 heavy (non-hydrogen) atoms. The van der Waals surface area contributed by atoms with Gasteiger partial charge in [0, 0.05) is 18.9 Å². The Morgan fingerprint density at radius 2 is 2.11 bits per heavy atom. The Kier molecular flexibility index (Phi) is 3.75. The van der Waals surface area contributed by atoms with Gasteiger partial charge in [-0.2, -0.15) is 5.26 Å². The first-order valence-electron chi connectivity index (χ1n) is 5.76. The van der Waals surface area contributed by atoms with Crippen LogP contribution in [0.4, 0.5) is 4.39 Å². The first-order valence-corrected chi connectivity index (χ1v) is 5.76. The van der Waals surface area contributed by atoms with E-state index in [9.17, 15) is 4.39 Å². The van der Waals surface area contributed by atoms with Crippen LogP contribution in [-0.2, 0) is 13.0 Å². The van der Waals surface area contributed by atoms with Crippen LogP contribution in [0.3, 0.4) is 0 Å². The number of hydrogen-bond acceptors (Lipinski definition) is 2. The molecule has 1 heterocycles. The van der Waals surface area contributed by atoms with Gasteiger partial charge < -0.3 is 10.3 Å². The minimum Gasteiger partial charge on any atom is -0.350 e. The zero-order chi connectivity index (χ0) is 13.0. The zero-order valence-corrected chi connectivity index (χ0v) is 9.94. The van der Waals surface area contributed by atoms with E-state index in [1.807, 2.05) is 29.1 Å². The molecule has 0 radical (unpaired) electrons. The van der Waals surface area contributed by atoms with Crippen LogP contribution in [-0.4, -0.2) is 11.1 Å². The highest BCUT2D eigenvalue weighted by molar-refractivity contribution is 5.34. The van der Waals surface area contributed by atoms with Gasteiger partial charge in [-0.05, 0) is 42.3 Å². The van der Waals surface area contributed by atoms with Gasteiger partial charge >= 0.3 is 0 Å². The van der Waals surface area contributed by atoms with Gasteiger partial charge in [0.15, 0.2) is 0 Å². The average Bonchev–Trinajstić information content (AvgIpc) is 2.80. The molecule has 0 spiro atoms. The highest BCUT2D eigenvalue weighted by atomic mass is 19.1. The summed E-state index contributed by atoms with van der Waals surface area (Å²) in [5, 5.41) is 8.77. The standard InChI is InChI=1S/C14H14FN3/c15-14-2-1-12(7-13(14)8-17)10-18-6-4-11(9-18)3-5-16/h1-2,4,6-7,9H,3,5,10,16H2. The molecule has 0 saturated carbocycles. The lowest BCUT2D eigenvalue weighted by Gasteiger charge is -2.04. The van der Waals surface area contributed by atoms with E-state index in [0.717, 1.165) is 12.0 Å². The predicted octanol–water partition coefficient (Wildman–Crippen LogP) is 2.05. The van der Waals surface area contributed by atoms with Crippen molar-refractivity contribution in [3.05, 3.63) is 59.2 Å². The molecule has 3 nitrogen and oxygen atoms in total. The third-order valence-electron chi connectivity index (χ3n) is 2.76. The second-order valence-corrected chi connectivity index (χ2v) is 4.16. The van der Waals surface area contributed by atoms with Crippen molar-refractivity contribution in [2.75, 3.05) is 6.54 Å². The summed E-state index contributed by atoms with van der Waals surface area (Å²) in [5.41, 5.74) is 7.66. The summed E-state index contributed by atoms with van der Waals surface area (Å²) in [7, 11) is 0. The van der Waals surface area contributed by atoms with Crippen molar-refractivity contribution in [3.63, 3.8) is 0 Å². The molecule has 1 aromatic heterocycles. The molecule has 0 bridgehead atoms. The highest BCUT2D eigenvalue weighted by Crippen LogP contribution is 2.12. The Bertz CT molecular complexity index is 581. The normalized spacial score (nSPS) is 10.3. The minimum atomic E-state index is -0.474. The van der Waals surface area contributed by atoms with Crippen LogP contribution in [0, 0.1) is 17.1 Å². The molecule has 0 aliphatic carbocycles. The monoisotopic (exact) mass is 243 g/mol. The van der Waals surface area contributed by atoms with Crippen LogP contribution in [0.15, 0.2) is 36.7 Å². The fraction of sp³-hybridized carbons (Fsp3) is 0.214. The average molecular weight is 243 g/mol. The summed E-state index contributed by atoms with van der Waals surface area (Å²) in [6, 6.07) is 8.47. The molecule has 0 aliphatic heterocycles. The van der Waals surface area contributed by atoms with Crippen molar-refractivity contribution in [1.29, 1.82) is 5.26 Å². The van der Waals surface area contributed by atoms with Gasteiger partial charge in [-0.3, -0.25) is 0 Å². The van der Waals surface area contributed by atoms with Crippen LogP contribution in [0.1, 0.15) is 16.7 Å². The third-order valence-corrected chi connectivity index (χ3v) is 2.76. The summed E-state index contributed by atoms with van der Waals surface area (Å²) < 4.78 is 15.2. The van der Waals surface area contributed by atoms with Crippen LogP contribution >= 0.6 is 0 Å². The molecule has 0 atom stereocenters. The number of benzene rings is 1. The number of nitriles is 1. The van der Waals surface area contributed by atoms with Gasteiger partial charge in [-0.1, -0.05) is 6.07 Å². The van der Waals surface area contributed by atoms with Crippen molar-refractivity contribution < 1.29 is 4.39 Å². The molecule has 92 valence electrons. The van der Waals surface area contributed by atoms with Gasteiger partial charge in [-0.25, -0.2) is 4.39 Å². The smallest absolute Gasteiger partial charge is 0.140 e. The first-order chi connectivity index (χ1) is 8.72. The largest absolute Gasteiger partial charge is 0.350 e. The molecule has 1 aromatic carbocycles. The Morgan fingerprint density at radius 1 is 1.28 bits per heavy atom. The molecular weight excluding hydrogens is 229 g/mol. The second kappa shape index (κ2) is 5.48. The maximum absolute atomic E-state index is 13.2. The highest BCUT2D eigenvalue weighted by Gasteiger charge is 2.03. The minimum absolute atomic E-state index is 0.0850. The van der Waals surface area contributed by atoms with Gasteiger partial charge in [0.2, 0.25) is 0 Å². The molecule has 0 unspecified atom stereocenters. The van der Waals surface area contributed by atoms with Crippen molar-refractivity contribution in [2.24, 2.45) is 5.73 Å². The van der Waals surface area contributed by atoms with Gasteiger partial charge in [0.1, 0.15) is 11.9 Å². The maximum Gasteiger partial charge on any atom is 0.140 e. The Hall–Kier alpha value is -2.12. The summed E-state index contributed by atoms with van der Waals surface area (Å²) >= 11 is 0. The van der Waals surface area contributed by atoms with E-state index in [1.54, 1.807) is 12.1 Å². The van der Waals surface area contributed by atoms with Crippen molar-refractivity contribution in [2.45, 2.75) is 13.0 Å². The predicted molar refractivity (Wildman–Crippen MR) is 67.4 cm³/mol. The first kappa shape index (κ1) is 12.3. The molecule has 4 heteroatoms. The maximum atomic E-state index is 13.2. The Balaban J connectivity index is 2.15. The summed E-state index contributed by atoms with van der Waals surface area (Å²) in [6.07, 6.45) is 4.82. The fourth-order valence-electron chi connectivity index (χ4n) is 1.87. The quantitative estimate of drug-likeness (QED) is 0.893. The zero-order valence-electron chi connectivity index (χ0n) is 9.94. The molecular formula is C14H14FN3. The third kappa shape index (κ3) is 2.76.